The van der Waals surface area contributed by atoms with Gasteiger partial charge in [-0.15, -0.1) is 0 Å². The van der Waals surface area contributed by atoms with Gasteiger partial charge in [-0.1, -0.05) is 13.8 Å². The fourth-order valence-electron chi connectivity index (χ4n) is 1.47. The highest BCUT2D eigenvalue weighted by Crippen LogP contribution is 2.24. The lowest BCUT2D eigenvalue weighted by atomic mass is 9.84. The highest BCUT2D eigenvalue weighted by molar-refractivity contribution is 5.75. The van der Waals surface area contributed by atoms with Crippen molar-refractivity contribution in [1.29, 1.82) is 0 Å². The summed E-state index contributed by atoms with van der Waals surface area (Å²) in [5, 5.41) is 9.68. The van der Waals surface area contributed by atoms with Crippen LogP contribution in [0.15, 0.2) is 0 Å². The van der Waals surface area contributed by atoms with Gasteiger partial charge in [0.15, 0.2) is 0 Å². The SMILES string of the molecule is CC(=O)C[C@H](C)C[C@H](C)C(C)(C)O. The second-order valence-electron chi connectivity index (χ2n) is 4.80. The van der Waals surface area contributed by atoms with Gasteiger partial charge in [-0.3, -0.25) is 0 Å². The Morgan fingerprint density at radius 3 is 2.15 bits per heavy atom. The summed E-state index contributed by atoms with van der Waals surface area (Å²) in [5.41, 5.74) is -0.634. The molecular weight excluding hydrogens is 164 g/mol. The molecule has 0 amide bonds. The molecule has 2 atom stereocenters. The van der Waals surface area contributed by atoms with E-state index in [2.05, 4.69) is 6.92 Å². The Kier molecular flexibility index (Phi) is 4.62. The molecule has 0 saturated carbocycles. The number of rotatable bonds is 5. The largest absolute Gasteiger partial charge is 0.390 e. The molecule has 0 heterocycles. The molecule has 0 aliphatic rings. The number of Topliss-reactive ketones (excluding diaryl/α,β-unsaturated/α-hetero) is 1. The summed E-state index contributed by atoms with van der Waals surface area (Å²) in [6.45, 7) is 9.34. The van der Waals surface area contributed by atoms with Crippen LogP contribution in [0.2, 0.25) is 0 Å². The third-order valence-electron chi connectivity index (χ3n) is 2.60. The molecule has 2 heteroatoms. The second-order valence-corrected chi connectivity index (χ2v) is 4.80. The van der Waals surface area contributed by atoms with Crippen LogP contribution in [0.3, 0.4) is 0 Å². The minimum absolute atomic E-state index is 0.232. The quantitative estimate of drug-likeness (QED) is 0.716. The van der Waals surface area contributed by atoms with Crippen molar-refractivity contribution >= 4 is 5.78 Å². The predicted octanol–water partition coefficient (Wildman–Crippen LogP) is 2.40. The fourth-order valence-corrected chi connectivity index (χ4v) is 1.47. The maximum Gasteiger partial charge on any atom is 0.130 e. The lowest BCUT2D eigenvalue weighted by Crippen LogP contribution is -2.30. The van der Waals surface area contributed by atoms with E-state index >= 15 is 0 Å². The molecule has 78 valence electrons. The van der Waals surface area contributed by atoms with Crippen LogP contribution < -0.4 is 0 Å². The van der Waals surface area contributed by atoms with Crippen molar-refractivity contribution < 1.29 is 9.90 Å². The summed E-state index contributed by atoms with van der Waals surface area (Å²) < 4.78 is 0. The molecule has 0 bridgehead atoms. The first-order chi connectivity index (χ1) is 5.73. The van der Waals surface area contributed by atoms with Crippen LogP contribution >= 0.6 is 0 Å². The van der Waals surface area contributed by atoms with E-state index in [-0.39, 0.29) is 11.7 Å². The van der Waals surface area contributed by atoms with Crippen LogP contribution in [0.5, 0.6) is 0 Å². The van der Waals surface area contributed by atoms with E-state index < -0.39 is 5.60 Å². The lowest BCUT2D eigenvalue weighted by molar-refractivity contribution is -0.118. The molecule has 0 spiro atoms. The third-order valence-corrected chi connectivity index (χ3v) is 2.60. The Morgan fingerprint density at radius 2 is 1.85 bits per heavy atom. The Hall–Kier alpha value is -0.370. The van der Waals surface area contributed by atoms with E-state index in [1.165, 1.54) is 0 Å². The van der Waals surface area contributed by atoms with E-state index in [0.29, 0.717) is 12.3 Å². The molecular formula is C11H22O2. The number of ketones is 1. The first-order valence-electron chi connectivity index (χ1n) is 4.95. The first kappa shape index (κ1) is 12.6. The number of hydrogen-bond donors (Lipinski definition) is 1. The number of hydrogen-bond acceptors (Lipinski definition) is 2. The summed E-state index contributed by atoms with van der Waals surface area (Å²) in [7, 11) is 0. The van der Waals surface area contributed by atoms with Gasteiger partial charge in [0.2, 0.25) is 0 Å². The Labute approximate surface area is 81.3 Å². The number of aliphatic hydroxyl groups is 1. The Morgan fingerprint density at radius 1 is 1.38 bits per heavy atom. The van der Waals surface area contributed by atoms with Crippen molar-refractivity contribution in [3.8, 4) is 0 Å². The zero-order valence-electron chi connectivity index (χ0n) is 9.42. The van der Waals surface area contributed by atoms with E-state index in [1.54, 1.807) is 6.92 Å². The van der Waals surface area contributed by atoms with Gasteiger partial charge < -0.3 is 9.90 Å². The smallest absolute Gasteiger partial charge is 0.130 e. The van der Waals surface area contributed by atoms with Crippen molar-refractivity contribution in [2.45, 2.75) is 53.1 Å². The van der Waals surface area contributed by atoms with Gasteiger partial charge in [0.1, 0.15) is 5.78 Å². The lowest BCUT2D eigenvalue weighted by Gasteiger charge is -2.27. The zero-order chi connectivity index (χ0) is 10.6. The van der Waals surface area contributed by atoms with Crippen LogP contribution in [0.1, 0.15) is 47.5 Å². The Bertz CT molecular complexity index is 167. The van der Waals surface area contributed by atoms with Crippen LogP contribution in [-0.2, 0) is 4.79 Å². The summed E-state index contributed by atoms with van der Waals surface area (Å²) in [6.07, 6.45) is 1.53. The monoisotopic (exact) mass is 186 g/mol. The molecule has 0 aromatic carbocycles. The van der Waals surface area contributed by atoms with E-state index in [1.807, 2.05) is 20.8 Å². The molecule has 0 rings (SSSR count). The Balaban J connectivity index is 3.92. The van der Waals surface area contributed by atoms with Crippen molar-refractivity contribution in [2.75, 3.05) is 0 Å². The first-order valence-corrected chi connectivity index (χ1v) is 4.95. The average molecular weight is 186 g/mol. The van der Waals surface area contributed by atoms with Crippen molar-refractivity contribution in [1.82, 2.24) is 0 Å². The van der Waals surface area contributed by atoms with Gasteiger partial charge in [0.05, 0.1) is 5.60 Å². The van der Waals surface area contributed by atoms with Crippen molar-refractivity contribution in [2.24, 2.45) is 11.8 Å². The molecule has 2 nitrogen and oxygen atoms in total. The van der Waals surface area contributed by atoms with Crippen LogP contribution in [0, 0.1) is 11.8 Å². The minimum Gasteiger partial charge on any atom is -0.390 e. The van der Waals surface area contributed by atoms with Crippen LogP contribution in [-0.4, -0.2) is 16.5 Å². The van der Waals surface area contributed by atoms with Gasteiger partial charge >= 0.3 is 0 Å². The number of carbonyl (C=O) groups excluding carboxylic acids is 1. The summed E-state index contributed by atoms with van der Waals surface area (Å²) >= 11 is 0. The molecule has 0 saturated heterocycles. The zero-order valence-corrected chi connectivity index (χ0v) is 9.42. The molecule has 0 unspecified atom stereocenters. The summed E-state index contributed by atoms with van der Waals surface area (Å²) in [5.74, 6) is 0.844. The van der Waals surface area contributed by atoms with Gasteiger partial charge in [0.25, 0.3) is 0 Å². The van der Waals surface area contributed by atoms with Gasteiger partial charge in [-0.05, 0) is 39.0 Å². The number of carbonyl (C=O) groups is 1. The molecule has 0 radical (unpaired) electrons. The topological polar surface area (TPSA) is 37.3 Å². The van der Waals surface area contributed by atoms with E-state index in [4.69, 9.17) is 0 Å². The van der Waals surface area contributed by atoms with Gasteiger partial charge in [-0.25, -0.2) is 0 Å². The normalized spacial score (nSPS) is 16.8. The standard InChI is InChI=1S/C11H22O2/c1-8(7-10(3)12)6-9(2)11(4,5)13/h8-9,13H,6-7H2,1-5H3/t8-,9+/m1/s1. The molecule has 0 fully saturated rings. The minimum atomic E-state index is -0.634. The second kappa shape index (κ2) is 4.75. The molecule has 1 N–H and O–H groups in total. The molecule has 0 aromatic heterocycles. The van der Waals surface area contributed by atoms with E-state index in [9.17, 15) is 9.90 Å². The maximum atomic E-state index is 10.8. The summed E-state index contributed by atoms with van der Waals surface area (Å²) in [6, 6.07) is 0. The van der Waals surface area contributed by atoms with E-state index in [0.717, 1.165) is 6.42 Å². The highest BCUT2D eigenvalue weighted by Gasteiger charge is 2.24. The van der Waals surface area contributed by atoms with Gasteiger partial charge in [0, 0.05) is 6.42 Å². The molecule has 0 aliphatic heterocycles. The highest BCUT2D eigenvalue weighted by atomic mass is 16.3. The van der Waals surface area contributed by atoms with Crippen molar-refractivity contribution in [3.63, 3.8) is 0 Å². The maximum absolute atomic E-state index is 10.8. The molecule has 0 aromatic rings. The van der Waals surface area contributed by atoms with Crippen molar-refractivity contribution in [3.05, 3.63) is 0 Å². The molecule has 13 heavy (non-hydrogen) atoms. The third kappa shape index (κ3) is 5.81. The molecule has 0 aliphatic carbocycles. The van der Waals surface area contributed by atoms with Crippen LogP contribution in [0.4, 0.5) is 0 Å². The van der Waals surface area contributed by atoms with Gasteiger partial charge in [-0.2, -0.15) is 0 Å². The predicted molar refractivity (Wildman–Crippen MR) is 54.5 cm³/mol. The average Bonchev–Trinajstić information content (AvgIpc) is 1.82. The fraction of sp³-hybridized carbons (Fsp3) is 0.909. The van der Waals surface area contributed by atoms with Crippen LogP contribution in [0.25, 0.3) is 0 Å². The summed E-state index contributed by atoms with van der Waals surface area (Å²) in [4.78, 5) is 10.8.